The van der Waals surface area contributed by atoms with Gasteiger partial charge in [-0.25, -0.2) is 14.8 Å². The van der Waals surface area contributed by atoms with Crippen molar-refractivity contribution in [1.29, 1.82) is 0 Å². The van der Waals surface area contributed by atoms with E-state index in [2.05, 4.69) is 34.9 Å². The molecule has 1 aliphatic rings. The van der Waals surface area contributed by atoms with E-state index < -0.39 is 14.2 Å². The van der Waals surface area contributed by atoms with Gasteiger partial charge in [-0.05, 0) is 25.0 Å². The molecule has 0 bridgehead atoms. The summed E-state index contributed by atoms with van der Waals surface area (Å²) >= 11 is 0. The Hall–Kier alpha value is -2.85. The first kappa shape index (κ1) is 22.3. The van der Waals surface area contributed by atoms with E-state index in [0.29, 0.717) is 25.7 Å². The fraction of sp³-hybridized carbons (Fsp3) is 0.500. The second kappa shape index (κ2) is 9.33. The summed E-state index contributed by atoms with van der Waals surface area (Å²) in [5.41, 5.74) is 2.42. The van der Waals surface area contributed by atoms with Gasteiger partial charge in [0.2, 0.25) is 5.89 Å². The van der Waals surface area contributed by atoms with E-state index in [1.807, 2.05) is 16.8 Å². The number of nitrogens with zero attached hydrogens (tertiary/aromatic N) is 4. The number of anilines is 1. The number of likely N-dealkylation sites (tertiary alicyclic amines) is 1. The quantitative estimate of drug-likeness (QED) is 0.377. The van der Waals surface area contributed by atoms with Crippen molar-refractivity contribution in [2.45, 2.75) is 51.3 Å². The molecule has 0 unspecified atom stereocenters. The average molecular weight is 458 g/mol. The summed E-state index contributed by atoms with van der Waals surface area (Å²) in [4.78, 5) is 21.9. The van der Waals surface area contributed by atoms with Crippen molar-refractivity contribution in [3.05, 3.63) is 30.9 Å². The highest BCUT2D eigenvalue weighted by Crippen LogP contribution is 2.34. The minimum absolute atomic E-state index is 0.00416. The summed E-state index contributed by atoms with van der Waals surface area (Å²) < 4.78 is 13.5. The first-order chi connectivity index (χ1) is 15.3. The fourth-order valence-corrected chi connectivity index (χ4v) is 4.69. The lowest BCUT2D eigenvalue weighted by molar-refractivity contribution is 0.0899. The van der Waals surface area contributed by atoms with Crippen molar-refractivity contribution in [3.8, 4) is 11.5 Å². The van der Waals surface area contributed by atoms with Gasteiger partial charge in [0, 0.05) is 51.6 Å². The molecule has 10 heteroatoms. The highest BCUT2D eigenvalue weighted by Gasteiger charge is 2.25. The number of aromatic nitrogens is 3. The minimum Gasteiger partial charge on any atom is -0.465 e. The van der Waals surface area contributed by atoms with Crippen LogP contribution in [-0.4, -0.2) is 64.4 Å². The maximum Gasteiger partial charge on any atom is 0.407 e. The number of nitrogens with one attached hydrogen (secondary N) is 1. The molecule has 9 nitrogen and oxygen atoms in total. The van der Waals surface area contributed by atoms with Gasteiger partial charge in [-0.1, -0.05) is 19.6 Å². The van der Waals surface area contributed by atoms with Gasteiger partial charge in [0.15, 0.2) is 0 Å². The van der Waals surface area contributed by atoms with Gasteiger partial charge in [-0.3, -0.25) is 0 Å². The van der Waals surface area contributed by atoms with Crippen LogP contribution < -0.4 is 5.32 Å². The molecule has 3 aromatic heterocycles. The average Bonchev–Trinajstić information content (AvgIpc) is 3.41. The van der Waals surface area contributed by atoms with Crippen molar-refractivity contribution in [2.24, 2.45) is 0 Å². The molecule has 1 amide bonds. The summed E-state index contributed by atoms with van der Waals surface area (Å²) in [6.07, 6.45) is 7.69. The van der Waals surface area contributed by atoms with E-state index >= 15 is 0 Å². The molecule has 1 fully saturated rings. The molecule has 0 aromatic carbocycles. The molecule has 0 spiro atoms. The van der Waals surface area contributed by atoms with Gasteiger partial charge < -0.3 is 29.0 Å². The molecule has 172 valence electrons. The molecule has 1 atom stereocenters. The lowest BCUT2D eigenvalue weighted by Gasteiger charge is -2.32. The number of piperidine rings is 1. The summed E-state index contributed by atoms with van der Waals surface area (Å²) in [5, 5.41) is 13.9. The third kappa shape index (κ3) is 5.13. The predicted octanol–water partition coefficient (Wildman–Crippen LogP) is 4.56. The SMILES string of the molecule is C[Si](C)(C)CCOCn1ccc2c(N[C@@H]3CCCN(C(=O)O)C3)c(-c3ncco3)cnc21. The fourth-order valence-electron chi connectivity index (χ4n) is 3.93. The Morgan fingerprint density at radius 2 is 2.22 bits per heavy atom. The standard InChI is InChI=1S/C22H31N5O4Si/c1-32(2,3)12-11-30-15-27-9-6-17-19(25-16-5-4-8-26(14-16)22(28)29)18(13-24-20(17)27)21-23-7-10-31-21/h6-7,9-10,13,16H,4-5,8,11-12,14-15H2,1-3H3,(H,24,25)(H,28,29)/t16-/m1/s1. The van der Waals surface area contributed by atoms with E-state index in [9.17, 15) is 9.90 Å². The molecular formula is C22H31N5O4Si. The zero-order chi connectivity index (χ0) is 22.7. The predicted molar refractivity (Wildman–Crippen MR) is 126 cm³/mol. The highest BCUT2D eigenvalue weighted by atomic mass is 28.3. The maximum atomic E-state index is 11.5. The number of amides is 1. The second-order valence-electron chi connectivity index (χ2n) is 9.47. The first-order valence-corrected chi connectivity index (χ1v) is 14.7. The molecule has 4 rings (SSSR count). The topological polar surface area (TPSA) is 106 Å². The lowest BCUT2D eigenvalue weighted by atomic mass is 10.0. The largest absolute Gasteiger partial charge is 0.465 e. The normalized spacial score (nSPS) is 17.1. The number of carbonyl (C=O) groups is 1. The number of rotatable bonds is 8. The molecule has 3 aromatic rings. The van der Waals surface area contributed by atoms with Crippen molar-refractivity contribution in [2.75, 3.05) is 25.0 Å². The van der Waals surface area contributed by atoms with E-state index in [0.717, 1.165) is 47.8 Å². The van der Waals surface area contributed by atoms with Crippen LogP contribution in [0.4, 0.5) is 10.5 Å². The van der Waals surface area contributed by atoms with Crippen molar-refractivity contribution >= 4 is 30.9 Å². The summed E-state index contributed by atoms with van der Waals surface area (Å²) in [6.45, 7) is 9.18. The van der Waals surface area contributed by atoms with Crippen LogP contribution in [0.5, 0.6) is 0 Å². The lowest BCUT2D eigenvalue weighted by Crippen LogP contribution is -2.44. The van der Waals surface area contributed by atoms with E-state index in [1.165, 1.54) is 11.2 Å². The molecule has 0 saturated carbocycles. The van der Waals surface area contributed by atoms with Gasteiger partial charge in [0.25, 0.3) is 0 Å². The van der Waals surface area contributed by atoms with Gasteiger partial charge in [0.05, 0.1) is 17.4 Å². The highest BCUT2D eigenvalue weighted by molar-refractivity contribution is 6.76. The van der Waals surface area contributed by atoms with Crippen LogP contribution in [0.25, 0.3) is 22.5 Å². The second-order valence-corrected chi connectivity index (χ2v) is 15.1. The van der Waals surface area contributed by atoms with Crippen LogP contribution in [0.2, 0.25) is 25.7 Å². The number of pyridine rings is 1. The summed E-state index contributed by atoms with van der Waals surface area (Å²) in [5.74, 6) is 0.479. The van der Waals surface area contributed by atoms with Crippen LogP contribution in [-0.2, 0) is 11.5 Å². The molecule has 0 aliphatic carbocycles. The van der Waals surface area contributed by atoms with Gasteiger partial charge in [0.1, 0.15) is 18.6 Å². The molecule has 1 saturated heterocycles. The van der Waals surface area contributed by atoms with Crippen molar-refractivity contribution in [3.63, 3.8) is 0 Å². The Morgan fingerprint density at radius 1 is 1.38 bits per heavy atom. The minimum atomic E-state index is -1.14. The van der Waals surface area contributed by atoms with Crippen LogP contribution in [0, 0.1) is 0 Å². The van der Waals surface area contributed by atoms with Crippen LogP contribution in [0.15, 0.2) is 35.3 Å². The monoisotopic (exact) mass is 457 g/mol. The smallest absolute Gasteiger partial charge is 0.407 e. The zero-order valence-corrected chi connectivity index (χ0v) is 19.9. The Morgan fingerprint density at radius 3 is 2.94 bits per heavy atom. The molecular weight excluding hydrogens is 426 g/mol. The zero-order valence-electron chi connectivity index (χ0n) is 18.9. The first-order valence-electron chi connectivity index (χ1n) is 11.0. The molecule has 1 aliphatic heterocycles. The maximum absolute atomic E-state index is 11.5. The number of hydrogen-bond donors (Lipinski definition) is 2. The Labute approximate surface area is 188 Å². The Bertz CT molecular complexity index is 1060. The Kier molecular flexibility index (Phi) is 6.52. The van der Waals surface area contributed by atoms with Crippen LogP contribution in [0.3, 0.4) is 0 Å². The number of fused-ring (bicyclic) bond motifs is 1. The van der Waals surface area contributed by atoms with Crippen molar-refractivity contribution < 1.29 is 19.1 Å². The van der Waals surface area contributed by atoms with Crippen LogP contribution >= 0.6 is 0 Å². The molecule has 32 heavy (non-hydrogen) atoms. The number of ether oxygens (including phenoxy) is 1. The Balaban J connectivity index is 1.60. The van der Waals surface area contributed by atoms with Crippen LogP contribution in [0.1, 0.15) is 12.8 Å². The van der Waals surface area contributed by atoms with Crippen molar-refractivity contribution in [1.82, 2.24) is 19.4 Å². The van der Waals surface area contributed by atoms with E-state index in [1.54, 1.807) is 12.4 Å². The third-order valence-corrected chi connectivity index (χ3v) is 7.42. The molecule has 4 heterocycles. The number of oxazole rings is 1. The number of hydrogen-bond acceptors (Lipinski definition) is 6. The summed E-state index contributed by atoms with van der Waals surface area (Å²) in [7, 11) is -1.14. The van der Waals surface area contributed by atoms with Gasteiger partial charge in [-0.2, -0.15) is 0 Å². The van der Waals surface area contributed by atoms with Gasteiger partial charge in [-0.15, -0.1) is 0 Å². The van der Waals surface area contributed by atoms with E-state index in [-0.39, 0.29) is 6.04 Å². The van der Waals surface area contributed by atoms with Gasteiger partial charge >= 0.3 is 6.09 Å². The number of carboxylic acid groups (broad SMARTS) is 1. The molecule has 2 N–H and O–H groups in total. The van der Waals surface area contributed by atoms with E-state index in [4.69, 9.17) is 9.15 Å². The third-order valence-electron chi connectivity index (χ3n) is 5.72. The molecule has 0 radical (unpaired) electrons. The summed E-state index contributed by atoms with van der Waals surface area (Å²) in [6, 6.07) is 3.12.